The molecule has 1 aromatic heterocycles. The zero-order valence-corrected chi connectivity index (χ0v) is 14.5. The van der Waals surface area contributed by atoms with Gasteiger partial charge in [0, 0.05) is 5.92 Å². The lowest BCUT2D eigenvalue weighted by Gasteiger charge is -2.32. The van der Waals surface area contributed by atoms with E-state index < -0.39 is 6.10 Å². The summed E-state index contributed by atoms with van der Waals surface area (Å²) in [5, 5.41) is 12.0. The van der Waals surface area contributed by atoms with Crippen molar-refractivity contribution in [2.75, 3.05) is 16.8 Å². The average Bonchev–Trinajstić information content (AvgIpc) is 3.00. The van der Waals surface area contributed by atoms with Crippen molar-refractivity contribution >= 4 is 34.0 Å². The number of rotatable bonds is 4. The Morgan fingerprint density at radius 2 is 2.12 bits per heavy atom. The third-order valence-corrected chi connectivity index (χ3v) is 4.70. The SMILES string of the molecule is CC(C)c1nnc(NC(=O)CN2C(=O)[C@H](C)Oc3ccccc32)s1. The highest BCUT2D eigenvalue weighted by atomic mass is 32.1. The summed E-state index contributed by atoms with van der Waals surface area (Å²) >= 11 is 1.34. The molecule has 0 bridgehead atoms. The van der Waals surface area contributed by atoms with E-state index in [1.54, 1.807) is 25.1 Å². The van der Waals surface area contributed by atoms with Crippen LogP contribution in [0.15, 0.2) is 24.3 Å². The normalized spacial score (nSPS) is 16.8. The van der Waals surface area contributed by atoms with E-state index in [0.29, 0.717) is 16.6 Å². The Kier molecular flexibility index (Phi) is 4.48. The van der Waals surface area contributed by atoms with Crippen molar-refractivity contribution in [2.45, 2.75) is 32.8 Å². The van der Waals surface area contributed by atoms with Crippen molar-refractivity contribution in [1.82, 2.24) is 10.2 Å². The molecule has 1 N–H and O–H groups in total. The van der Waals surface area contributed by atoms with Crippen LogP contribution in [-0.2, 0) is 9.59 Å². The number of carbonyl (C=O) groups is 2. The Labute approximate surface area is 143 Å². The summed E-state index contributed by atoms with van der Waals surface area (Å²) in [6, 6.07) is 7.17. The molecule has 0 saturated heterocycles. The van der Waals surface area contributed by atoms with Crippen LogP contribution < -0.4 is 15.0 Å². The molecule has 2 heterocycles. The van der Waals surface area contributed by atoms with Gasteiger partial charge in [-0.15, -0.1) is 10.2 Å². The van der Waals surface area contributed by atoms with Gasteiger partial charge in [0.1, 0.15) is 17.3 Å². The molecule has 0 unspecified atom stereocenters. The van der Waals surface area contributed by atoms with Gasteiger partial charge < -0.3 is 4.74 Å². The minimum absolute atomic E-state index is 0.0971. The minimum Gasteiger partial charge on any atom is -0.479 e. The molecule has 7 nitrogen and oxygen atoms in total. The Morgan fingerprint density at radius 3 is 2.83 bits per heavy atom. The number of anilines is 2. The zero-order chi connectivity index (χ0) is 17.3. The van der Waals surface area contributed by atoms with E-state index in [1.807, 2.05) is 19.9 Å². The summed E-state index contributed by atoms with van der Waals surface area (Å²) in [6.45, 7) is 5.59. The van der Waals surface area contributed by atoms with Crippen LogP contribution >= 0.6 is 11.3 Å². The first-order valence-corrected chi connectivity index (χ1v) is 8.47. The number of aromatic nitrogens is 2. The molecule has 0 aliphatic carbocycles. The molecule has 2 amide bonds. The second-order valence-corrected chi connectivity index (χ2v) is 6.81. The number of nitrogens with zero attached hydrogens (tertiary/aromatic N) is 3. The number of para-hydroxylation sites is 2. The van der Waals surface area contributed by atoms with Crippen LogP contribution in [0.25, 0.3) is 0 Å². The maximum absolute atomic E-state index is 12.4. The van der Waals surface area contributed by atoms with Gasteiger partial charge in [0.2, 0.25) is 11.0 Å². The number of hydrogen-bond donors (Lipinski definition) is 1. The van der Waals surface area contributed by atoms with Gasteiger partial charge in [-0.1, -0.05) is 37.3 Å². The molecule has 1 aliphatic rings. The summed E-state index contributed by atoms with van der Waals surface area (Å²) in [7, 11) is 0. The summed E-state index contributed by atoms with van der Waals surface area (Å²) in [5.74, 6) is 0.278. The van der Waals surface area contributed by atoms with Crippen molar-refractivity contribution in [3.63, 3.8) is 0 Å². The van der Waals surface area contributed by atoms with Crippen molar-refractivity contribution in [3.8, 4) is 5.75 Å². The van der Waals surface area contributed by atoms with Gasteiger partial charge in [-0.25, -0.2) is 0 Å². The summed E-state index contributed by atoms with van der Waals surface area (Å²) in [6.07, 6.45) is -0.623. The molecule has 1 aliphatic heterocycles. The predicted molar refractivity (Wildman–Crippen MR) is 91.5 cm³/mol. The number of carbonyl (C=O) groups excluding carboxylic acids is 2. The van der Waals surface area contributed by atoms with Gasteiger partial charge in [0.05, 0.1) is 5.69 Å². The molecule has 24 heavy (non-hydrogen) atoms. The highest BCUT2D eigenvalue weighted by Gasteiger charge is 2.32. The van der Waals surface area contributed by atoms with E-state index in [9.17, 15) is 9.59 Å². The lowest BCUT2D eigenvalue weighted by molar-refractivity contribution is -0.127. The first-order valence-electron chi connectivity index (χ1n) is 7.66. The molecule has 0 spiro atoms. The van der Waals surface area contributed by atoms with Gasteiger partial charge in [-0.05, 0) is 19.1 Å². The molecule has 1 aromatic carbocycles. The third kappa shape index (κ3) is 3.23. The van der Waals surface area contributed by atoms with Crippen molar-refractivity contribution < 1.29 is 14.3 Å². The van der Waals surface area contributed by atoms with Crippen LogP contribution in [-0.4, -0.2) is 34.7 Å². The van der Waals surface area contributed by atoms with Gasteiger partial charge in [-0.3, -0.25) is 19.8 Å². The van der Waals surface area contributed by atoms with Crippen LogP contribution in [0.1, 0.15) is 31.7 Å². The second kappa shape index (κ2) is 6.56. The third-order valence-electron chi connectivity index (χ3n) is 3.56. The lowest BCUT2D eigenvalue weighted by Crippen LogP contribution is -2.47. The van der Waals surface area contributed by atoms with E-state index in [1.165, 1.54) is 16.2 Å². The smallest absolute Gasteiger partial charge is 0.268 e. The van der Waals surface area contributed by atoms with Crippen molar-refractivity contribution in [1.29, 1.82) is 0 Å². The predicted octanol–water partition coefficient (Wildman–Crippen LogP) is 2.41. The lowest BCUT2D eigenvalue weighted by atomic mass is 10.2. The van der Waals surface area contributed by atoms with E-state index in [4.69, 9.17) is 4.74 Å². The minimum atomic E-state index is -0.623. The van der Waals surface area contributed by atoms with Crippen LogP contribution in [0.3, 0.4) is 0 Å². The standard InChI is InChI=1S/C16H18N4O3S/c1-9(2)14-18-19-16(24-14)17-13(21)8-20-11-6-4-5-7-12(11)23-10(3)15(20)22/h4-7,9-10H,8H2,1-3H3,(H,17,19,21)/t10-/m0/s1. The Bertz CT molecular complexity index is 774. The van der Waals surface area contributed by atoms with Gasteiger partial charge in [0.15, 0.2) is 6.10 Å². The van der Waals surface area contributed by atoms with Crippen LogP contribution in [0.2, 0.25) is 0 Å². The topological polar surface area (TPSA) is 84.4 Å². The largest absolute Gasteiger partial charge is 0.479 e. The fourth-order valence-corrected chi connectivity index (χ4v) is 3.10. The molecule has 8 heteroatoms. The van der Waals surface area contributed by atoms with Gasteiger partial charge in [0.25, 0.3) is 5.91 Å². The van der Waals surface area contributed by atoms with E-state index >= 15 is 0 Å². The number of nitrogens with one attached hydrogen (secondary N) is 1. The van der Waals surface area contributed by atoms with Crippen LogP contribution in [0.5, 0.6) is 5.75 Å². The number of hydrogen-bond acceptors (Lipinski definition) is 6. The fraction of sp³-hybridized carbons (Fsp3) is 0.375. The zero-order valence-electron chi connectivity index (χ0n) is 13.6. The monoisotopic (exact) mass is 346 g/mol. The molecule has 126 valence electrons. The second-order valence-electron chi connectivity index (χ2n) is 5.80. The molecule has 3 rings (SSSR count). The molecular weight excluding hydrogens is 328 g/mol. The maximum atomic E-state index is 12.4. The summed E-state index contributed by atoms with van der Waals surface area (Å²) < 4.78 is 5.56. The highest BCUT2D eigenvalue weighted by molar-refractivity contribution is 7.15. The summed E-state index contributed by atoms with van der Waals surface area (Å²) in [5.41, 5.74) is 0.593. The molecule has 0 radical (unpaired) electrons. The fourth-order valence-electron chi connectivity index (χ4n) is 2.34. The maximum Gasteiger partial charge on any atom is 0.268 e. The number of amides is 2. The average molecular weight is 346 g/mol. The Balaban J connectivity index is 1.74. The van der Waals surface area contributed by atoms with E-state index in [0.717, 1.165) is 5.01 Å². The molecule has 1 atom stereocenters. The molecule has 0 saturated carbocycles. The first-order chi connectivity index (χ1) is 11.5. The first kappa shape index (κ1) is 16.4. The van der Waals surface area contributed by atoms with E-state index in [2.05, 4.69) is 15.5 Å². The Morgan fingerprint density at radius 1 is 1.38 bits per heavy atom. The molecular formula is C16H18N4O3S. The highest BCUT2D eigenvalue weighted by Crippen LogP contribution is 2.33. The summed E-state index contributed by atoms with van der Waals surface area (Å²) in [4.78, 5) is 26.1. The molecule has 2 aromatic rings. The Hall–Kier alpha value is -2.48. The van der Waals surface area contributed by atoms with Crippen molar-refractivity contribution in [2.24, 2.45) is 0 Å². The number of ether oxygens (including phenoxy) is 1. The quantitative estimate of drug-likeness (QED) is 0.919. The van der Waals surface area contributed by atoms with Gasteiger partial charge >= 0.3 is 0 Å². The number of fused-ring (bicyclic) bond motifs is 1. The van der Waals surface area contributed by atoms with Crippen LogP contribution in [0.4, 0.5) is 10.8 Å². The van der Waals surface area contributed by atoms with Crippen LogP contribution in [0, 0.1) is 0 Å². The van der Waals surface area contributed by atoms with E-state index in [-0.39, 0.29) is 24.3 Å². The van der Waals surface area contributed by atoms with Crippen molar-refractivity contribution in [3.05, 3.63) is 29.3 Å². The van der Waals surface area contributed by atoms with Gasteiger partial charge in [-0.2, -0.15) is 0 Å². The molecule has 0 fully saturated rings. The number of benzene rings is 1.